The number of benzene rings is 6. The largest absolute Gasteiger partial charge is 0.292 e. The molecule has 3 heterocycles. The second kappa shape index (κ2) is 8.12. The molecule has 0 saturated heterocycles. The summed E-state index contributed by atoms with van der Waals surface area (Å²) in [5.74, 6) is 0.863. The molecular formula is C38H21N3S. The van der Waals surface area contributed by atoms with Crippen LogP contribution in [0.25, 0.3) is 92.3 Å². The van der Waals surface area contributed by atoms with Crippen molar-refractivity contribution in [2.75, 3.05) is 0 Å². The third-order valence-corrected chi connectivity index (χ3v) is 9.81. The van der Waals surface area contributed by atoms with Crippen LogP contribution in [0, 0.1) is 0 Å². The highest BCUT2D eigenvalue weighted by Crippen LogP contribution is 2.50. The lowest BCUT2D eigenvalue weighted by Crippen LogP contribution is -2.03. The topological polar surface area (TPSA) is 30.7 Å². The predicted octanol–water partition coefficient (Wildman–Crippen LogP) is 10.4. The maximum absolute atomic E-state index is 5.44. The van der Waals surface area contributed by atoms with Gasteiger partial charge in [-0.2, -0.15) is 0 Å². The zero-order valence-electron chi connectivity index (χ0n) is 22.4. The van der Waals surface area contributed by atoms with Crippen LogP contribution in [0.5, 0.6) is 0 Å². The molecule has 9 aromatic rings. The fraction of sp³-hybridized carbons (Fsp3) is 0. The smallest absolute Gasteiger partial charge is 0.166 e. The van der Waals surface area contributed by atoms with Crippen LogP contribution in [-0.2, 0) is 0 Å². The zero-order chi connectivity index (χ0) is 27.4. The Hall–Kier alpha value is -5.32. The fourth-order valence-electron chi connectivity index (χ4n) is 7.03. The lowest BCUT2D eigenvalue weighted by molar-refractivity contribution is 1.09. The average Bonchev–Trinajstić information content (AvgIpc) is 3.55. The van der Waals surface area contributed by atoms with Crippen molar-refractivity contribution < 1.29 is 0 Å². The molecule has 0 bridgehead atoms. The van der Waals surface area contributed by atoms with Crippen molar-refractivity contribution in [2.24, 2.45) is 0 Å². The molecule has 6 aromatic carbocycles. The van der Waals surface area contributed by atoms with Gasteiger partial charge in [0, 0.05) is 26.4 Å². The first kappa shape index (κ1) is 22.4. The van der Waals surface area contributed by atoms with Crippen molar-refractivity contribution in [3.8, 4) is 39.3 Å². The molecule has 194 valence electrons. The Morgan fingerprint density at radius 2 is 1.10 bits per heavy atom. The van der Waals surface area contributed by atoms with E-state index in [1.54, 1.807) is 11.3 Å². The van der Waals surface area contributed by atoms with E-state index in [4.69, 9.17) is 9.97 Å². The summed E-state index contributed by atoms with van der Waals surface area (Å²) in [4.78, 5) is 11.8. The van der Waals surface area contributed by atoms with Gasteiger partial charge in [0.2, 0.25) is 0 Å². The second-order valence-corrected chi connectivity index (χ2v) is 12.0. The normalized spacial score (nSPS) is 12.3. The second-order valence-electron chi connectivity index (χ2n) is 11.0. The predicted molar refractivity (Wildman–Crippen MR) is 177 cm³/mol. The Bertz CT molecular complexity index is 2480. The number of thiophene rings is 1. The van der Waals surface area contributed by atoms with Gasteiger partial charge in [-0.15, -0.1) is 11.3 Å². The summed E-state index contributed by atoms with van der Waals surface area (Å²) >= 11 is 1.71. The molecule has 0 unspecified atom stereocenters. The summed E-state index contributed by atoms with van der Waals surface area (Å²) in [6.07, 6.45) is 0. The zero-order valence-corrected chi connectivity index (χ0v) is 23.2. The molecule has 0 aliphatic heterocycles. The van der Waals surface area contributed by atoms with E-state index in [0.29, 0.717) is 0 Å². The van der Waals surface area contributed by atoms with Gasteiger partial charge in [0.05, 0.1) is 11.0 Å². The minimum atomic E-state index is 0.863. The van der Waals surface area contributed by atoms with Crippen LogP contribution in [0.3, 0.4) is 0 Å². The van der Waals surface area contributed by atoms with E-state index in [0.717, 1.165) is 43.8 Å². The van der Waals surface area contributed by atoms with Crippen LogP contribution >= 0.6 is 11.3 Å². The summed E-state index contributed by atoms with van der Waals surface area (Å²) < 4.78 is 3.56. The fourth-order valence-corrected chi connectivity index (χ4v) is 8.05. The summed E-state index contributed by atoms with van der Waals surface area (Å²) in [5, 5.41) is 6.27. The SMILES string of the molecule is c1ccc(-c2nc3c(nc2-n2c4cccc5c4c4c(cccc42)-c2cccc4cccc-5c24)sc2ccccc23)cc1. The molecule has 4 heteroatoms. The van der Waals surface area contributed by atoms with Crippen molar-refractivity contribution >= 4 is 64.3 Å². The third kappa shape index (κ3) is 2.84. The van der Waals surface area contributed by atoms with Crippen molar-refractivity contribution in [3.63, 3.8) is 0 Å². The van der Waals surface area contributed by atoms with Crippen molar-refractivity contribution in [1.82, 2.24) is 14.5 Å². The number of fused-ring (bicyclic) bond motifs is 5. The van der Waals surface area contributed by atoms with Gasteiger partial charge in [0.15, 0.2) is 5.82 Å². The Labute approximate surface area is 245 Å². The minimum absolute atomic E-state index is 0.863. The number of rotatable bonds is 2. The molecular weight excluding hydrogens is 531 g/mol. The first-order valence-corrected chi connectivity index (χ1v) is 15.0. The average molecular weight is 552 g/mol. The molecule has 0 saturated carbocycles. The van der Waals surface area contributed by atoms with Crippen LogP contribution < -0.4 is 0 Å². The number of hydrogen-bond acceptors (Lipinski definition) is 3. The molecule has 0 atom stereocenters. The van der Waals surface area contributed by atoms with Gasteiger partial charge in [0.1, 0.15) is 16.0 Å². The van der Waals surface area contributed by atoms with Gasteiger partial charge in [-0.05, 0) is 51.2 Å². The Kier molecular flexibility index (Phi) is 4.33. The van der Waals surface area contributed by atoms with E-state index in [1.165, 1.54) is 48.5 Å². The number of hydrogen-bond donors (Lipinski definition) is 0. The van der Waals surface area contributed by atoms with E-state index in [9.17, 15) is 0 Å². The summed E-state index contributed by atoms with van der Waals surface area (Å²) in [5.41, 5.74) is 10.3. The van der Waals surface area contributed by atoms with E-state index >= 15 is 0 Å². The molecule has 3 aromatic heterocycles. The van der Waals surface area contributed by atoms with E-state index in [-0.39, 0.29) is 0 Å². The Balaban J connectivity index is 1.41. The molecule has 10 rings (SSSR count). The van der Waals surface area contributed by atoms with Gasteiger partial charge in [0.25, 0.3) is 0 Å². The molecule has 0 fully saturated rings. The highest BCUT2D eigenvalue weighted by Gasteiger charge is 2.26. The third-order valence-electron chi connectivity index (χ3n) is 8.76. The Morgan fingerprint density at radius 1 is 0.500 bits per heavy atom. The quantitative estimate of drug-likeness (QED) is 0.214. The molecule has 0 N–H and O–H groups in total. The lowest BCUT2D eigenvalue weighted by Gasteiger charge is -2.15. The lowest BCUT2D eigenvalue weighted by atomic mass is 9.93. The molecule has 1 aliphatic rings. The van der Waals surface area contributed by atoms with E-state index in [1.807, 2.05) is 0 Å². The summed E-state index contributed by atoms with van der Waals surface area (Å²) in [6, 6.07) is 45.7. The molecule has 0 amide bonds. The maximum Gasteiger partial charge on any atom is 0.166 e. The molecule has 0 radical (unpaired) electrons. The number of aromatic nitrogens is 3. The van der Waals surface area contributed by atoms with Crippen LogP contribution in [0.1, 0.15) is 0 Å². The van der Waals surface area contributed by atoms with Crippen LogP contribution in [-0.4, -0.2) is 14.5 Å². The standard InChI is InChI=1S/C38H21N3S/c1-2-10-23(11-3-1)35-37(40-38-36(39-35)28-14-4-5-21-31(28)42-38)41-29-19-8-17-26-24-15-6-12-22-13-7-16-25(32(22)24)27-18-9-20-30(41)34(27)33(26)29/h1-21H. The summed E-state index contributed by atoms with van der Waals surface area (Å²) in [7, 11) is 0. The first-order valence-electron chi connectivity index (χ1n) is 14.2. The van der Waals surface area contributed by atoms with Gasteiger partial charge < -0.3 is 0 Å². The van der Waals surface area contributed by atoms with Gasteiger partial charge in [-0.25, -0.2) is 9.97 Å². The highest BCUT2D eigenvalue weighted by atomic mass is 32.1. The molecule has 0 spiro atoms. The van der Waals surface area contributed by atoms with E-state index < -0.39 is 0 Å². The van der Waals surface area contributed by atoms with Gasteiger partial charge in [-0.3, -0.25) is 4.57 Å². The van der Waals surface area contributed by atoms with Crippen molar-refractivity contribution in [2.45, 2.75) is 0 Å². The summed E-state index contributed by atoms with van der Waals surface area (Å²) in [6.45, 7) is 0. The van der Waals surface area contributed by atoms with Crippen LogP contribution in [0.2, 0.25) is 0 Å². The van der Waals surface area contributed by atoms with Gasteiger partial charge in [-0.1, -0.05) is 109 Å². The van der Waals surface area contributed by atoms with Crippen LogP contribution in [0.4, 0.5) is 0 Å². The van der Waals surface area contributed by atoms with Crippen molar-refractivity contribution in [1.29, 1.82) is 0 Å². The van der Waals surface area contributed by atoms with Crippen molar-refractivity contribution in [3.05, 3.63) is 127 Å². The molecule has 3 nitrogen and oxygen atoms in total. The highest BCUT2D eigenvalue weighted by molar-refractivity contribution is 7.25. The van der Waals surface area contributed by atoms with E-state index in [2.05, 4.69) is 132 Å². The first-order chi connectivity index (χ1) is 20.8. The Morgan fingerprint density at radius 3 is 1.79 bits per heavy atom. The maximum atomic E-state index is 5.44. The molecule has 42 heavy (non-hydrogen) atoms. The molecule has 1 aliphatic carbocycles. The monoisotopic (exact) mass is 551 g/mol. The number of nitrogens with zero attached hydrogens (tertiary/aromatic N) is 3. The minimum Gasteiger partial charge on any atom is -0.292 e. The van der Waals surface area contributed by atoms with Gasteiger partial charge >= 0.3 is 0 Å². The van der Waals surface area contributed by atoms with Crippen LogP contribution in [0.15, 0.2) is 127 Å².